The zero-order valence-corrected chi connectivity index (χ0v) is 20.1. The summed E-state index contributed by atoms with van der Waals surface area (Å²) in [6.45, 7) is 7.26. The van der Waals surface area contributed by atoms with E-state index in [2.05, 4.69) is 38.0 Å². The molecule has 0 amide bonds. The number of Topliss-reactive ketones (excluding diaryl/α,β-unsaturated/α-hetero) is 1. The number of hydrogen-bond acceptors (Lipinski definition) is 4. The van der Waals surface area contributed by atoms with E-state index >= 15 is 0 Å². The van der Waals surface area contributed by atoms with Crippen LogP contribution in [0.4, 0.5) is 0 Å². The fourth-order valence-electron chi connectivity index (χ4n) is 4.12. The third-order valence-corrected chi connectivity index (χ3v) is 6.95. The molecule has 0 spiro atoms. The molecule has 1 aliphatic heterocycles. The molecule has 0 radical (unpaired) electrons. The largest absolute Gasteiger partial charge is 0.381 e. The minimum absolute atomic E-state index is 0.0411. The average Bonchev–Trinajstić information content (AvgIpc) is 3.21. The normalized spacial score (nSPS) is 17.4. The van der Waals surface area contributed by atoms with Crippen LogP contribution in [0.1, 0.15) is 39.2 Å². The Morgan fingerprint density at radius 1 is 1.16 bits per heavy atom. The molecule has 1 aromatic carbocycles. The van der Waals surface area contributed by atoms with Crippen LogP contribution >= 0.6 is 0 Å². The van der Waals surface area contributed by atoms with Crippen molar-refractivity contribution in [3.05, 3.63) is 60.4 Å². The molecule has 0 bridgehead atoms. The molecule has 1 aliphatic rings. The predicted molar refractivity (Wildman–Crippen MR) is 129 cm³/mol. The summed E-state index contributed by atoms with van der Waals surface area (Å²) < 4.78 is 20.9. The Labute approximate surface area is 186 Å². The summed E-state index contributed by atoms with van der Waals surface area (Å²) in [6.07, 6.45) is 10.7. The van der Waals surface area contributed by atoms with Gasteiger partial charge < -0.3 is 4.74 Å². The molecule has 1 fully saturated rings. The first kappa shape index (κ1) is 23.5. The first-order valence-corrected chi connectivity index (χ1v) is 13.1. The lowest BCUT2D eigenvalue weighted by Gasteiger charge is -2.37. The Bertz CT molecular complexity index is 1040. The van der Waals surface area contributed by atoms with Gasteiger partial charge in [-0.2, -0.15) is 5.10 Å². The van der Waals surface area contributed by atoms with Gasteiger partial charge in [0.25, 0.3) is 0 Å². The number of nitrogens with zero attached hydrogens (tertiary/aromatic N) is 2. The third kappa shape index (κ3) is 5.74. The zero-order chi connectivity index (χ0) is 22.7. The highest BCUT2D eigenvalue weighted by Crippen LogP contribution is 2.38. The van der Waals surface area contributed by atoms with E-state index in [1.807, 2.05) is 36.5 Å². The minimum Gasteiger partial charge on any atom is -0.381 e. The SMILES string of the molecule is CC(C)(C)/C=C(\C(C(=O)C1(Cc2ccccc2)CCOCC1)=S(C)(C)=O)n1cccn1. The van der Waals surface area contributed by atoms with Crippen molar-refractivity contribution in [1.82, 2.24) is 9.78 Å². The first-order chi connectivity index (χ1) is 14.5. The molecule has 0 atom stereocenters. The van der Waals surface area contributed by atoms with Crippen LogP contribution in [-0.4, -0.2) is 50.4 Å². The van der Waals surface area contributed by atoms with Crippen molar-refractivity contribution in [1.29, 1.82) is 0 Å². The van der Waals surface area contributed by atoms with Crippen LogP contribution in [0.3, 0.4) is 0 Å². The highest BCUT2D eigenvalue weighted by Gasteiger charge is 2.44. The Kier molecular flexibility index (Phi) is 6.92. The van der Waals surface area contributed by atoms with Crippen LogP contribution in [-0.2, 0) is 25.5 Å². The summed E-state index contributed by atoms with van der Waals surface area (Å²) in [4.78, 5) is 14.7. The summed E-state index contributed by atoms with van der Waals surface area (Å²) in [7, 11) is -2.59. The van der Waals surface area contributed by atoms with Gasteiger partial charge >= 0.3 is 0 Å². The maximum atomic E-state index is 14.3. The van der Waals surface area contributed by atoms with E-state index in [0.717, 1.165) is 5.56 Å². The van der Waals surface area contributed by atoms with E-state index in [1.54, 1.807) is 23.4 Å². The topological polar surface area (TPSA) is 61.2 Å². The Morgan fingerprint density at radius 2 is 1.81 bits per heavy atom. The molecule has 2 aromatic rings. The van der Waals surface area contributed by atoms with E-state index in [4.69, 9.17) is 4.74 Å². The lowest BCUT2D eigenvalue weighted by molar-refractivity contribution is -0.127. The summed E-state index contributed by atoms with van der Waals surface area (Å²) >= 11 is 0. The van der Waals surface area contributed by atoms with Crippen molar-refractivity contribution in [2.24, 2.45) is 10.8 Å². The summed E-state index contributed by atoms with van der Waals surface area (Å²) in [6, 6.07) is 11.9. The van der Waals surface area contributed by atoms with Crippen molar-refractivity contribution >= 4 is 25.9 Å². The van der Waals surface area contributed by atoms with Gasteiger partial charge in [0.2, 0.25) is 0 Å². The van der Waals surface area contributed by atoms with E-state index in [0.29, 0.717) is 43.0 Å². The zero-order valence-electron chi connectivity index (χ0n) is 19.3. The molecular formula is C25H34N2O3S. The molecule has 0 N–H and O–H groups in total. The molecule has 1 saturated heterocycles. The van der Waals surface area contributed by atoms with Crippen molar-refractivity contribution in [2.75, 3.05) is 25.7 Å². The monoisotopic (exact) mass is 442 g/mol. The number of benzene rings is 1. The number of aromatic nitrogens is 2. The molecule has 0 unspecified atom stereocenters. The molecule has 3 rings (SSSR count). The molecule has 168 valence electrons. The molecule has 2 heterocycles. The molecule has 0 aliphatic carbocycles. The van der Waals surface area contributed by atoms with Gasteiger partial charge in [-0.3, -0.25) is 9.00 Å². The lowest BCUT2D eigenvalue weighted by atomic mass is 9.70. The highest BCUT2D eigenvalue weighted by molar-refractivity contribution is 8.03. The van der Waals surface area contributed by atoms with Crippen LogP contribution in [0, 0.1) is 10.8 Å². The van der Waals surface area contributed by atoms with Gasteiger partial charge in [-0.25, -0.2) is 4.68 Å². The minimum atomic E-state index is -2.59. The van der Waals surface area contributed by atoms with E-state index in [9.17, 15) is 9.00 Å². The van der Waals surface area contributed by atoms with Gasteiger partial charge in [0.15, 0.2) is 5.78 Å². The molecule has 5 nitrogen and oxygen atoms in total. The van der Waals surface area contributed by atoms with Crippen LogP contribution in [0.2, 0.25) is 0 Å². The first-order valence-electron chi connectivity index (χ1n) is 10.7. The Hall–Kier alpha value is -2.18. The van der Waals surface area contributed by atoms with Gasteiger partial charge in [0, 0.05) is 43.5 Å². The molecule has 0 saturated carbocycles. The highest BCUT2D eigenvalue weighted by atomic mass is 32.2. The second-order valence-electron chi connectivity index (χ2n) is 9.79. The molecule has 1 aromatic heterocycles. The molecule has 31 heavy (non-hydrogen) atoms. The maximum absolute atomic E-state index is 14.3. The number of hydrogen-bond donors (Lipinski definition) is 0. The van der Waals surface area contributed by atoms with Crippen molar-refractivity contribution in [3.8, 4) is 0 Å². The van der Waals surface area contributed by atoms with Crippen LogP contribution in [0.15, 0.2) is 54.9 Å². The molecule has 6 heteroatoms. The van der Waals surface area contributed by atoms with Crippen molar-refractivity contribution in [2.45, 2.75) is 40.0 Å². The quantitative estimate of drug-likeness (QED) is 0.499. The number of rotatable bonds is 6. The van der Waals surface area contributed by atoms with Crippen molar-refractivity contribution in [3.63, 3.8) is 0 Å². The fourth-order valence-corrected chi connectivity index (χ4v) is 5.44. The summed E-state index contributed by atoms with van der Waals surface area (Å²) in [5.41, 5.74) is 0.862. The van der Waals surface area contributed by atoms with E-state index < -0.39 is 14.9 Å². The second kappa shape index (κ2) is 9.13. The Morgan fingerprint density at radius 3 is 2.32 bits per heavy atom. The molecular weight excluding hydrogens is 408 g/mol. The number of carbonyl (C=O) groups excluding carboxylic acids is 1. The number of allylic oxidation sites excluding steroid dienone is 2. The van der Waals surface area contributed by atoms with Gasteiger partial charge in [-0.1, -0.05) is 57.2 Å². The lowest BCUT2D eigenvalue weighted by Crippen LogP contribution is -2.45. The average molecular weight is 443 g/mol. The third-order valence-electron chi connectivity index (χ3n) is 5.57. The summed E-state index contributed by atoms with van der Waals surface area (Å²) in [5, 5.41) is 4.39. The predicted octanol–water partition coefficient (Wildman–Crippen LogP) is 4.10. The van der Waals surface area contributed by atoms with Crippen LogP contribution in [0.25, 0.3) is 5.70 Å². The van der Waals surface area contributed by atoms with Gasteiger partial charge in [0.05, 0.1) is 10.6 Å². The number of ether oxygens (including phenoxy) is 1. The van der Waals surface area contributed by atoms with E-state index in [-0.39, 0.29) is 11.2 Å². The van der Waals surface area contributed by atoms with Gasteiger partial charge in [0.1, 0.15) is 0 Å². The second-order valence-corrected chi connectivity index (χ2v) is 12.7. The van der Waals surface area contributed by atoms with Gasteiger partial charge in [-0.05, 0) is 45.8 Å². The van der Waals surface area contributed by atoms with Crippen molar-refractivity contribution < 1.29 is 13.7 Å². The van der Waals surface area contributed by atoms with Crippen LogP contribution < -0.4 is 0 Å². The number of ketones is 1. The maximum Gasteiger partial charge on any atom is 0.179 e. The fraction of sp³-hybridized carbons (Fsp3) is 0.480. The summed E-state index contributed by atoms with van der Waals surface area (Å²) in [5.74, 6) is -0.0411. The van der Waals surface area contributed by atoms with Gasteiger partial charge in [-0.15, -0.1) is 0 Å². The number of carbonyl (C=O) groups is 1. The van der Waals surface area contributed by atoms with E-state index in [1.165, 1.54) is 0 Å². The standard InChI is InChI=1S/C25H34N2O3S/c1-24(2,3)19-21(27-15-9-14-26-27)22(31(4,5)29)23(28)25(12-16-30-17-13-25)18-20-10-7-6-8-11-20/h6-11,14-15,19H,12-13,16-18H2,1-5H3/b21-19+. The van der Waals surface area contributed by atoms with Crippen LogP contribution in [0.5, 0.6) is 0 Å². The smallest absolute Gasteiger partial charge is 0.179 e. The Balaban J connectivity index is 2.18.